The van der Waals surface area contributed by atoms with Crippen molar-refractivity contribution in [1.82, 2.24) is 19.5 Å². The molecule has 2 aromatic heterocycles. The summed E-state index contributed by atoms with van der Waals surface area (Å²) >= 11 is 0. The summed E-state index contributed by atoms with van der Waals surface area (Å²) < 4.78 is 61.1. The first-order valence-electron chi connectivity index (χ1n) is 12.4. The molecular weight excluding hydrogens is 514 g/mol. The Morgan fingerprint density at radius 3 is 2.59 bits per heavy atom. The number of H-pyrrole nitrogens is 1. The number of fused-ring (bicyclic) bond motifs is 2. The van der Waals surface area contributed by atoms with Gasteiger partial charge in [0.15, 0.2) is 0 Å². The zero-order chi connectivity index (χ0) is 27.1. The van der Waals surface area contributed by atoms with Gasteiger partial charge >= 0.3 is 12.2 Å². The molecule has 0 saturated heterocycles. The normalized spacial score (nSPS) is 16.6. The summed E-state index contributed by atoms with van der Waals surface area (Å²) in [5, 5.41) is 0. The van der Waals surface area contributed by atoms with Gasteiger partial charge in [-0.25, -0.2) is 18.9 Å². The fourth-order valence-electron chi connectivity index (χ4n) is 4.87. The summed E-state index contributed by atoms with van der Waals surface area (Å²) in [7, 11) is 0. The number of hydrogen-bond acceptors (Lipinski definition) is 5. The van der Waals surface area contributed by atoms with E-state index in [9.17, 15) is 22.4 Å². The minimum atomic E-state index is -4.33. The van der Waals surface area contributed by atoms with E-state index in [4.69, 9.17) is 4.74 Å². The minimum Gasteiger partial charge on any atom is -0.459 e. The fraction of sp³-hybridized carbons (Fsp3) is 0.250. The Labute approximate surface area is 220 Å². The summed E-state index contributed by atoms with van der Waals surface area (Å²) in [6, 6.07) is 15.2. The van der Waals surface area contributed by atoms with Crippen molar-refractivity contribution in [2.75, 3.05) is 11.4 Å². The van der Waals surface area contributed by atoms with Gasteiger partial charge in [-0.15, -0.1) is 0 Å². The van der Waals surface area contributed by atoms with Gasteiger partial charge in [0, 0.05) is 30.6 Å². The summed E-state index contributed by atoms with van der Waals surface area (Å²) in [6.07, 6.45) is -1.63. The van der Waals surface area contributed by atoms with Gasteiger partial charge in [-0.3, -0.25) is 4.79 Å². The van der Waals surface area contributed by atoms with Gasteiger partial charge in [0.25, 0.3) is 5.56 Å². The molecule has 11 heteroatoms. The van der Waals surface area contributed by atoms with Crippen molar-refractivity contribution in [1.29, 1.82) is 0 Å². The molecule has 0 fully saturated rings. The van der Waals surface area contributed by atoms with Crippen LogP contribution in [0.25, 0.3) is 11.8 Å². The molecule has 6 rings (SSSR count). The molecule has 200 valence electrons. The van der Waals surface area contributed by atoms with Crippen LogP contribution in [0, 0.1) is 11.7 Å². The van der Waals surface area contributed by atoms with Crippen LogP contribution in [0.3, 0.4) is 0 Å². The third-order valence-corrected chi connectivity index (χ3v) is 6.96. The fourth-order valence-corrected chi connectivity index (χ4v) is 4.87. The number of nitrogens with one attached hydrogen (secondary N) is 1. The van der Waals surface area contributed by atoms with Crippen LogP contribution in [0.2, 0.25) is 0 Å². The maximum atomic E-state index is 14.2. The Morgan fingerprint density at radius 1 is 1.05 bits per heavy atom. The monoisotopic (exact) mass is 537 g/mol. The molecule has 1 atom stereocenters. The summed E-state index contributed by atoms with van der Waals surface area (Å²) in [6.45, 7) is 0.502. The van der Waals surface area contributed by atoms with Crippen molar-refractivity contribution in [2.24, 2.45) is 5.92 Å². The maximum Gasteiger partial charge on any atom is 0.395 e. The number of allylic oxidation sites excluding steroid dienone is 1. The number of nitrogens with zero attached hydrogens (tertiary/aromatic N) is 4. The van der Waals surface area contributed by atoms with Crippen molar-refractivity contribution in [3.63, 3.8) is 0 Å². The Kier molecular flexibility index (Phi) is 6.20. The first-order chi connectivity index (χ1) is 18.8. The van der Waals surface area contributed by atoms with Crippen molar-refractivity contribution >= 4 is 12.0 Å². The van der Waals surface area contributed by atoms with Gasteiger partial charge in [0.05, 0.1) is 35.1 Å². The number of ether oxygens (including phenoxy) is 1. The molecule has 0 amide bonds. The quantitative estimate of drug-likeness (QED) is 0.364. The number of anilines is 1. The lowest BCUT2D eigenvalue weighted by atomic mass is 9.96. The van der Waals surface area contributed by atoms with Gasteiger partial charge in [0.2, 0.25) is 5.95 Å². The highest BCUT2D eigenvalue weighted by Crippen LogP contribution is 2.35. The summed E-state index contributed by atoms with van der Waals surface area (Å²) in [4.78, 5) is 27.8. The molecule has 1 aliphatic carbocycles. The van der Waals surface area contributed by atoms with E-state index >= 15 is 0 Å². The Balaban J connectivity index is 1.32. The van der Waals surface area contributed by atoms with Crippen LogP contribution in [0.5, 0.6) is 6.01 Å². The number of imidazole rings is 1. The number of halogens is 4. The largest absolute Gasteiger partial charge is 0.459 e. The lowest BCUT2D eigenvalue weighted by Gasteiger charge is -2.28. The van der Waals surface area contributed by atoms with Crippen molar-refractivity contribution < 1.29 is 22.3 Å². The molecule has 2 aliphatic rings. The molecule has 0 saturated carbocycles. The van der Waals surface area contributed by atoms with Gasteiger partial charge in [-0.1, -0.05) is 42.5 Å². The molecule has 1 N–H and O–H groups in total. The van der Waals surface area contributed by atoms with Crippen LogP contribution in [-0.4, -0.2) is 32.2 Å². The molecule has 0 bridgehead atoms. The number of benzene rings is 2. The number of aromatic nitrogens is 4. The van der Waals surface area contributed by atoms with Crippen LogP contribution >= 0.6 is 0 Å². The van der Waals surface area contributed by atoms with Gasteiger partial charge in [0.1, 0.15) is 12.4 Å². The van der Waals surface area contributed by atoms with Crippen LogP contribution in [0.4, 0.5) is 23.5 Å². The second-order valence-corrected chi connectivity index (χ2v) is 9.48. The molecule has 1 aliphatic heterocycles. The van der Waals surface area contributed by atoms with E-state index in [2.05, 4.69) is 15.0 Å². The van der Waals surface area contributed by atoms with Crippen molar-refractivity contribution in [2.45, 2.75) is 32.2 Å². The van der Waals surface area contributed by atoms with E-state index < -0.39 is 17.9 Å². The van der Waals surface area contributed by atoms with E-state index in [-0.39, 0.29) is 31.1 Å². The van der Waals surface area contributed by atoms with Crippen LogP contribution in [0.15, 0.2) is 65.5 Å². The number of rotatable bonds is 5. The molecule has 7 nitrogen and oxygen atoms in total. The van der Waals surface area contributed by atoms with E-state index in [1.165, 1.54) is 16.7 Å². The lowest BCUT2D eigenvalue weighted by molar-refractivity contribution is -0.160. The minimum absolute atomic E-state index is 0.0541. The van der Waals surface area contributed by atoms with Gasteiger partial charge in [-0.05, 0) is 24.3 Å². The molecule has 0 radical (unpaired) electrons. The third kappa shape index (κ3) is 4.80. The zero-order valence-corrected chi connectivity index (χ0v) is 20.6. The SMILES string of the molecule is O=c1c2c(nc(OCc3ccccc3F)n1-c1ccccc1)CCN(c1nc3c([nH]1)C[C@@H](C(F)(F)F)C=C3)C2. The topological polar surface area (TPSA) is 76.0 Å². The predicted molar refractivity (Wildman–Crippen MR) is 136 cm³/mol. The number of alkyl halides is 3. The third-order valence-electron chi connectivity index (χ3n) is 6.96. The summed E-state index contributed by atoms with van der Waals surface area (Å²) in [5.74, 6) is -1.58. The highest BCUT2D eigenvalue weighted by molar-refractivity contribution is 5.55. The lowest BCUT2D eigenvalue weighted by Crippen LogP contribution is -2.38. The number of para-hydroxylation sites is 1. The highest BCUT2D eigenvalue weighted by Gasteiger charge is 2.40. The van der Waals surface area contributed by atoms with E-state index in [0.717, 1.165) is 6.08 Å². The zero-order valence-electron chi connectivity index (χ0n) is 20.6. The van der Waals surface area contributed by atoms with Crippen molar-refractivity contribution in [3.8, 4) is 11.7 Å². The van der Waals surface area contributed by atoms with Crippen LogP contribution < -0.4 is 15.2 Å². The van der Waals surface area contributed by atoms with Gasteiger partial charge < -0.3 is 14.6 Å². The first-order valence-corrected chi connectivity index (χ1v) is 12.4. The standard InChI is InChI=1S/C28H23F4N5O2/c29-21-9-5-4-6-17(21)16-39-27-35-22-12-13-36(15-20(22)25(38)37(27)19-7-2-1-3-8-19)26-33-23-11-10-18(28(30,31)32)14-24(23)34-26/h1-11,18H,12-16H2,(H,33,34)/t18-/m0/s1. The first kappa shape index (κ1) is 24.9. The molecule has 0 spiro atoms. The van der Waals surface area contributed by atoms with E-state index in [1.807, 2.05) is 11.0 Å². The molecule has 2 aromatic carbocycles. The van der Waals surface area contributed by atoms with Crippen molar-refractivity contribution in [3.05, 3.63) is 105 Å². The average Bonchev–Trinajstić information content (AvgIpc) is 3.36. The predicted octanol–water partition coefficient (Wildman–Crippen LogP) is 4.98. The molecule has 0 unspecified atom stereocenters. The maximum absolute atomic E-state index is 14.2. The second-order valence-electron chi connectivity index (χ2n) is 9.48. The Morgan fingerprint density at radius 2 is 1.82 bits per heavy atom. The molecule has 39 heavy (non-hydrogen) atoms. The molecule has 3 heterocycles. The molecule has 4 aromatic rings. The smallest absolute Gasteiger partial charge is 0.395 e. The average molecular weight is 538 g/mol. The van der Waals surface area contributed by atoms with Crippen LogP contribution in [0.1, 0.15) is 28.2 Å². The summed E-state index contributed by atoms with van der Waals surface area (Å²) in [5.41, 5.74) is 2.40. The van der Waals surface area contributed by atoms with Crippen LogP contribution in [-0.2, 0) is 26.0 Å². The van der Waals surface area contributed by atoms with Gasteiger partial charge in [-0.2, -0.15) is 13.2 Å². The number of aromatic amines is 1. The number of hydrogen-bond donors (Lipinski definition) is 1. The Bertz CT molecular complexity index is 1610. The second kappa shape index (κ2) is 9.72. The van der Waals surface area contributed by atoms with E-state index in [0.29, 0.717) is 52.8 Å². The molecular formula is C28H23F4N5O2. The Hall–Kier alpha value is -4.41. The highest BCUT2D eigenvalue weighted by atomic mass is 19.4. The van der Waals surface area contributed by atoms with E-state index in [1.54, 1.807) is 42.5 Å².